The van der Waals surface area contributed by atoms with Gasteiger partial charge in [-0.3, -0.25) is 4.79 Å². The average Bonchev–Trinajstić information content (AvgIpc) is 2.28. The van der Waals surface area contributed by atoms with Gasteiger partial charge in [-0.1, -0.05) is 52.2 Å². The lowest BCUT2D eigenvalue weighted by Gasteiger charge is -2.43. The smallest absolute Gasteiger partial charge is 0.279 e. The number of rotatable bonds is 2. The highest BCUT2D eigenvalue weighted by molar-refractivity contribution is 7.96. The maximum atomic E-state index is 11.9. The number of hydrogen-bond donors (Lipinski definition) is 1. The number of nitrogens with zero attached hydrogens (tertiary/aromatic N) is 1. The van der Waals surface area contributed by atoms with E-state index in [1.165, 1.54) is 51.4 Å². The molecule has 4 atom stereocenters. The molecule has 0 aromatic carbocycles. The van der Waals surface area contributed by atoms with Crippen molar-refractivity contribution in [3.05, 3.63) is 0 Å². The second-order valence-corrected chi connectivity index (χ2v) is 6.92. The summed E-state index contributed by atoms with van der Waals surface area (Å²) in [6.45, 7) is 4.63. The monoisotopic (exact) mass is 269 g/mol. The Morgan fingerprint density at radius 2 is 1.39 bits per heavy atom. The SMILES string of the molecule is CC1CCCC(N(C(=O)S)C2CCCC(C)C2)C1. The zero-order valence-corrected chi connectivity index (χ0v) is 12.7. The second-order valence-electron chi connectivity index (χ2n) is 6.54. The molecule has 0 radical (unpaired) electrons. The molecule has 2 aliphatic rings. The van der Waals surface area contributed by atoms with Crippen molar-refractivity contribution in [1.82, 2.24) is 4.90 Å². The van der Waals surface area contributed by atoms with Crippen molar-refractivity contribution < 1.29 is 4.79 Å². The first kappa shape index (κ1) is 14.2. The quantitative estimate of drug-likeness (QED) is 0.732. The molecule has 4 unspecified atom stereocenters. The van der Waals surface area contributed by atoms with Crippen LogP contribution in [0.3, 0.4) is 0 Å². The molecule has 2 rings (SSSR count). The Morgan fingerprint density at radius 1 is 0.944 bits per heavy atom. The zero-order chi connectivity index (χ0) is 13.1. The Balaban J connectivity index is 2.04. The number of amides is 1. The molecule has 2 fully saturated rings. The van der Waals surface area contributed by atoms with Crippen LogP contribution in [0.4, 0.5) is 4.79 Å². The van der Waals surface area contributed by atoms with Crippen molar-refractivity contribution in [3.63, 3.8) is 0 Å². The van der Waals surface area contributed by atoms with Gasteiger partial charge in [0, 0.05) is 12.1 Å². The van der Waals surface area contributed by atoms with Gasteiger partial charge >= 0.3 is 0 Å². The minimum atomic E-state index is 0.00759. The Labute approximate surface area is 117 Å². The normalized spacial score (nSPS) is 37.3. The van der Waals surface area contributed by atoms with Gasteiger partial charge in [0.2, 0.25) is 0 Å². The molecule has 0 bridgehead atoms. The van der Waals surface area contributed by atoms with Gasteiger partial charge in [-0.2, -0.15) is 0 Å². The van der Waals surface area contributed by atoms with E-state index in [9.17, 15) is 4.79 Å². The first-order chi connectivity index (χ1) is 8.58. The Kier molecular flexibility index (Phi) is 4.99. The first-order valence-electron chi connectivity index (χ1n) is 7.59. The molecule has 1 amide bonds. The fourth-order valence-corrected chi connectivity index (χ4v) is 4.25. The van der Waals surface area contributed by atoms with Crippen LogP contribution in [0.15, 0.2) is 0 Å². The molecule has 2 nitrogen and oxygen atoms in total. The fourth-order valence-electron chi connectivity index (χ4n) is 3.92. The van der Waals surface area contributed by atoms with Crippen molar-refractivity contribution in [2.75, 3.05) is 0 Å². The summed E-state index contributed by atoms with van der Waals surface area (Å²) < 4.78 is 0. The van der Waals surface area contributed by atoms with Crippen LogP contribution in [0.2, 0.25) is 0 Å². The molecule has 2 saturated carbocycles. The van der Waals surface area contributed by atoms with Crippen LogP contribution in [0.25, 0.3) is 0 Å². The Hall–Kier alpha value is -0.180. The van der Waals surface area contributed by atoms with Crippen LogP contribution in [-0.4, -0.2) is 22.2 Å². The number of carbonyl (C=O) groups is 1. The summed E-state index contributed by atoms with van der Waals surface area (Å²) in [5.41, 5.74) is 0. The van der Waals surface area contributed by atoms with E-state index in [1.807, 2.05) is 0 Å². The number of carbonyl (C=O) groups excluding carboxylic acids is 1. The summed E-state index contributed by atoms with van der Waals surface area (Å²) >= 11 is 4.16. The van der Waals surface area contributed by atoms with Crippen LogP contribution >= 0.6 is 12.6 Å². The summed E-state index contributed by atoms with van der Waals surface area (Å²) in [5.74, 6) is 1.53. The largest absolute Gasteiger partial charge is 0.328 e. The van der Waals surface area contributed by atoms with E-state index in [0.29, 0.717) is 12.1 Å². The average molecular weight is 269 g/mol. The maximum Gasteiger partial charge on any atom is 0.279 e. The van der Waals surface area contributed by atoms with Gasteiger partial charge in [-0.15, -0.1) is 0 Å². The van der Waals surface area contributed by atoms with E-state index < -0.39 is 0 Å². The highest BCUT2D eigenvalue weighted by Crippen LogP contribution is 2.34. The summed E-state index contributed by atoms with van der Waals surface area (Å²) in [4.78, 5) is 14.1. The van der Waals surface area contributed by atoms with Crippen LogP contribution in [0, 0.1) is 11.8 Å². The molecule has 2 aliphatic carbocycles. The second kappa shape index (κ2) is 6.31. The molecule has 18 heavy (non-hydrogen) atoms. The third-order valence-electron chi connectivity index (χ3n) is 4.83. The highest BCUT2D eigenvalue weighted by Gasteiger charge is 2.33. The number of hydrogen-bond acceptors (Lipinski definition) is 1. The minimum Gasteiger partial charge on any atom is -0.328 e. The van der Waals surface area contributed by atoms with Gasteiger partial charge in [0.15, 0.2) is 0 Å². The van der Waals surface area contributed by atoms with Gasteiger partial charge in [0.1, 0.15) is 0 Å². The van der Waals surface area contributed by atoms with Gasteiger partial charge in [-0.05, 0) is 37.5 Å². The van der Waals surface area contributed by atoms with E-state index in [1.54, 1.807) is 0 Å². The fraction of sp³-hybridized carbons (Fsp3) is 0.933. The van der Waals surface area contributed by atoms with Crippen LogP contribution in [-0.2, 0) is 0 Å². The van der Waals surface area contributed by atoms with Crippen molar-refractivity contribution in [1.29, 1.82) is 0 Å². The Morgan fingerprint density at radius 3 is 1.72 bits per heavy atom. The van der Waals surface area contributed by atoms with Gasteiger partial charge in [0.05, 0.1) is 0 Å². The first-order valence-corrected chi connectivity index (χ1v) is 8.04. The molecular formula is C15H27NOS. The van der Waals surface area contributed by atoms with Crippen LogP contribution in [0.5, 0.6) is 0 Å². The van der Waals surface area contributed by atoms with Crippen LogP contribution in [0.1, 0.15) is 65.2 Å². The number of thiol groups is 1. The van der Waals surface area contributed by atoms with E-state index in [-0.39, 0.29) is 5.24 Å². The molecule has 0 heterocycles. The molecule has 0 aromatic rings. The predicted octanol–water partition coefficient (Wildman–Crippen LogP) is 4.50. The lowest BCUT2D eigenvalue weighted by Crippen LogP contribution is -2.48. The summed E-state index contributed by atoms with van der Waals surface area (Å²) in [7, 11) is 0. The lowest BCUT2D eigenvalue weighted by atomic mass is 9.82. The topological polar surface area (TPSA) is 20.3 Å². The summed E-state index contributed by atoms with van der Waals surface area (Å²) in [6.07, 6.45) is 9.91. The summed E-state index contributed by atoms with van der Waals surface area (Å²) in [6, 6.07) is 0.906. The van der Waals surface area contributed by atoms with E-state index in [4.69, 9.17) is 0 Å². The van der Waals surface area contributed by atoms with Gasteiger partial charge in [0.25, 0.3) is 5.24 Å². The van der Waals surface area contributed by atoms with Crippen molar-refractivity contribution in [2.24, 2.45) is 11.8 Å². The molecule has 0 N–H and O–H groups in total. The zero-order valence-electron chi connectivity index (χ0n) is 11.8. The lowest BCUT2D eigenvalue weighted by molar-refractivity contribution is 0.0982. The standard InChI is InChI=1S/C15H27NOS/c1-11-5-3-7-13(9-11)16(15(17)18)14-8-4-6-12(2)10-14/h11-14H,3-10H2,1-2H3,(H,17,18). The molecule has 0 saturated heterocycles. The Bertz CT molecular complexity index is 272. The van der Waals surface area contributed by atoms with Crippen molar-refractivity contribution in [2.45, 2.75) is 77.3 Å². The molecular weight excluding hydrogens is 242 g/mol. The van der Waals surface area contributed by atoms with Crippen molar-refractivity contribution in [3.8, 4) is 0 Å². The third kappa shape index (κ3) is 3.43. The molecule has 0 aromatic heterocycles. The molecule has 0 spiro atoms. The van der Waals surface area contributed by atoms with Gasteiger partial charge < -0.3 is 4.90 Å². The third-order valence-corrected chi connectivity index (χ3v) is 5.06. The summed E-state index contributed by atoms with van der Waals surface area (Å²) in [5, 5.41) is 0.00759. The minimum absolute atomic E-state index is 0.00759. The van der Waals surface area contributed by atoms with Crippen LogP contribution < -0.4 is 0 Å². The predicted molar refractivity (Wildman–Crippen MR) is 79.1 cm³/mol. The highest BCUT2D eigenvalue weighted by atomic mass is 32.1. The molecule has 0 aliphatic heterocycles. The molecule has 104 valence electrons. The van der Waals surface area contributed by atoms with Gasteiger partial charge in [-0.25, -0.2) is 0 Å². The molecule has 3 heteroatoms. The van der Waals surface area contributed by atoms with E-state index in [0.717, 1.165) is 11.8 Å². The van der Waals surface area contributed by atoms with E-state index >= 15 is 0 Å². The maximum absolute atomic E-state index is 11.9. The van der Waals surface area contributed by atoms with Crippen molar-refractivity contribution >= 4 is 17.9 Å². The van der Waals surface area contributed by atoms with E-state index in [2.05, 4.69) is 31.4 Å².